The van der Waals surface area contributed by atoms with Gasteiger partial charge in [-0.2, -0.15) is 0 Å². The molecular formula is C18H28N2O. The number of anilines is 1. The van der Waals surface area contributed by atoms with E-state index in [2.05, 4.69) is 42.3 Å². The number of fused-ring (bicyclic) bond motifs is 1. The quantitative estimate of drug-likeness (QED) is 0.920. The smallest absolute Gasteiger partial charge is 0.143 e. The second-order valence-electron chi connectivity index (χ2n) is 6.59. The molecule has 1 aromatic rings. The molecule has 2 aliphatic heterocycles. The Balaban J connectivity index is 1.76. The van der Waals surface area contributed by atoms with Gasteiger partial charge in [-0.05, 0) is 69.3 Å². The Labute approximate surface area is 128 Å². The Morgan fingerprint density at radius 1 is 1.38 bits per heavy atom. The molecule has 1 fully saturated rings. The minimum Gasteiger partial charge on any atom is -0.487 e. The average molecular weight is 288 g/mol. The second-order valence-corrected chi connectivity index (χ2v) is 6.59. The molecule has 3 nitrogen and oxygen atoms in total. The summed E-state index contributed by atoms with van der Waals surface area (Å²) < 4.78 is 6.00. The number of benzene rings is 1. The lowest BCUT2D eigenvalue weighted by atomic mass is 9.92. The first-order valence-electron chi connectivity index (χ1n) is 8.51. The molecule has 0 aliphatic carbocycles. The third-order valence-electron chi connectivity index (χ3n) is 4.59. The third-order valence-corrected chi connectivity index (χ3v) is 4.59. The lowest BCUT2D eigenvalue weighted by molar-refractivity contribution is 0.212. The van der Waals surface area contributed by atoms with E-state index < -0.39 is 0 Å². The molecule has 3 rings (SSSR count). The van der Waals surface area contributed by atoms with Crippen LogP contribution in [0.25, 0.3) is 0 Å². The lowest BCUT2D eigenvalue weighted by Crippen LogP contribution is -2.39. The van der Waals surface area contributed by atoms with E-state index in [0.717, 1.165) is 24.8 Å². The van der Waals surface area contributed by atoms with Gasteiger partial charge < -0.3 is 15.0 Å². The second kappa shape index (κ2) is 6.69. The van der Waals surface area contributed by atoms with Crippen LogP contribution in [0.5, 0.6) is 5.75 Å². The zero-order valence-electron chi connectivity index (χ0n) is 13.4. The van der Waals surface area contributed by atoms with Crippen LogP contribution >= 0.6 is 0 Å². The summed E-state index contributed by atoms with van der Waals surface area (Å²) in [6, 6.07) is 6.81. The molecule has 116 valence electrons. The van der Waals surface area contributed by atoms with E-state index in [4.69, 9.17) is 4.74 Å². The van der Waals surface area contributed by atoms with E-state index in [-0.39, 0.29) is 6.10 Å². The van der Waals surface area contributed by atoms with Crippen molar-refractivity contribution in [3.8, 4) is 5.75 Å². The Hall–Kier alpha value is -1.22. The van der Waals surface area contributed by atoms with Gasteiger partial charge >= 0.3 is 0 Å². The SMILES string of the molecule is CCCN1CC(C)Oc2ccc(CC3CCCNC3)cc21. The van der Waals surface area contributed by atoms with Gasteiger partial charge in [-0.25, -0.2) is 0 Å². The molecule has 0 saturated carbocycles. The first kappa shape index (κ1) is 14.7. The molecule has 21 heavy (non-hydrogen) atoms. The summed E-state index contributed by atoms with van der Waals surface area (Å²) >= 11 is 0. The highest BCUT2D eigenvalue weighted by atomic mass is 16.5. The fourth-order valence-electron chi connectivity index (χ4n) is 3.61. The molecule has 0 amide bonds. The van der Waals surface area contributed by atoms with Gasteiger partial charge in [0.25, 0.3) is 0 Å². The molecule has 3 heteroatoms. The maximum absolute atomic E-state index is 6.00. The standard InChI is InChI=1S/C18H28N2O/c1-3-9-20-13-14(2)21-18-7-6-15(11-17(18)20)10-16-5-4-8-19-12-16/h6-7,11,14,16,19H,3-5,8-10,12-13H2,1-2H3. The van der Waals surface area contributed by atoms with Crippen LogP contribution in [-0.2, 0) is 6.42 Å². The maximum atomic E-state index is 6.00. The minimum absolute atomic E-state index is 0.289. The normalized spacial score (nSPS) is 25.3. The molecule has 1 N–H and O–H groups in total. The van der Waals surface area contributed by atoms with Gasteiger partial charge in [0.2, 0.25) is 0 Å². The first-order valence-corrected chi connectivity index (χ1v) is 8.51. The maximum Gasteiger partial charge on any atom is 0.143 e. The Kier molecular flexibility index (Phi) is 4.69. The van der Waals surface area contributed by atoms with Crippen molar-refractivity contribution in [1.82, 2.24) is 5.32 Å². The van der Waals surface area contributed by atoms with Crippen molar-refractivity contribution >= 4 is 5.69 Å². The van der Waals surface area contributed by atoms with Crippen molar-refractivity contribution in [3.63, 3.8) is 0 Å². The Bertz CT molecular complexity index is 468. The van der Waals surface area contributed by atoms with Crippen molar-refractivity contribution in [1.29, 1.82) is 0 Å². The highest BCUT2D eigenvalue weighted by molar-refractivity contribution is 5.61. The fraction of sp³-hybridized carbons (Fsp3) is 0.667. The number of rotatable bonds is 4. The van der Waals surface area contributed by atoms with Crippen molar-refractivity contribution in [2.24, 2.45) is 5.92 Å². The predicted octanol–water partition coefficient (Wildman–Crippen LogP) is 3.23. The first-order chi connectivity index (χ1) is 10.3. The Morgan fingerprint density at radius 2 is 2.29 bits per heavy atom. The highest BCUT2D eigenvalue weighted by Crippen LogP contribution is 2.35. The van der Waals surface area contributed by atoms with Crippen molar-refractivity contribution < 1.29 is 4.74 Å². The highest BCUT2D eigenvalue weighted by Gasteiger charge is 2.23. The van der Waals surface area contributed by atoms with E-state index in [1.54, 1.807) is 0 Å². The molecular weight excluding hydrogens is 260 g/mol. The van der Waals surface area contributed by atoms with Gasteiger partial charge in [0.05, 0.1) is 12.2 Å². The molecule has 2 unspecified atom stereocenters. The molecule has 0 bridgehead atoms. The van der Waals surface area contributed by atoms with Gasteiger partial charge in [-0.15, -0.1) is 0 Å². The van der Waals surface area contributed by atoms with Gasteiger partial charge in [-0.1, -0.05) is 13.0 Å². The van der Waals surface area contributed by atoms with Crippen LogP contribution in [0.2, 0.25) is 0 Å². The lowest BCUT2D eigenvalue weighted by Gasteiger charge is -2.35. The van der Waals surface area contributed by atoms with E-state index in [0.29, 0.717) is 0 Å². The number of piperidine rings is 1. The van der Waals surface area contributed by atoms with Crippen LogP contribution in [0.3, 0.4) is 0 Å². The molecule has 2 aliphatic rings. The van der Waals surface area contributed by atoms with Crippen molar-refractivity contribution in [3.05, 3.63) is 23.8 Å². The molecule has 0 spiro atoms. The van der Waals surface area contributed by atoms with Gasteiger partial charge in [-0.3, -0.25) is 0 Å². The predicted molar refractivity (Wildman–Crippen MR) is 88.3 cm³/mol. The fourth-order valence-corrected chi connectivity index (χ4v) is 3.61. The zero-order valence-corrected chi connectivity index (χ0v) is 13.4. The summed E-state index contributed by atoms with van der Waals surface area (Å²) in [5, 5.41) is 3.52. The Morgan fingerprint density at radius 3 is 3.05 bits per heavy atom. The van der Waals surface area contributed by atoms with Gasteiger partial charge in [0.1, 0.15) is 11.9 Å². The number of nitrogens with zero attached hydrogens (tertiary/aromatic N) is 1. The van der Waals surface area contributed by atoms with E-state index >= 15 is 0 Å². The van der Waals surface area contributed by atoms with E-state index in [1.807, 2.05) is 0 Å². The summed E-state index contributed by atoms with van der Waals surface area (Å²) in [5.74, 6) is 1.85. The topological polar surface area (TPSA) is 24.5 Å². The number of ether oxygens (including phenoxy) is 1. The molecule has 1 saturated heterocycles. The zero-order chi connectivity index (χ0) is 14.7. The summed E-state index contributed by atoms with van der Waals surface area (Å²) in [7, 11) is 0. The summed E-state index contributed by atoms with van der Waals surface area (Å²) in [6.45, 7) is 8.90. The van der Waals surface area contributed by atoms with Crippen molar-refractivity contribution in [2.75, 3.05) is 31.1 Å². The van der Waals surface area contributed by atoms with Gasteiger partial charge in [0, 0.05) is 6.54 Å². The molecule has 2 atom stereocenters. The molecule has 0 radical (unpaired) electrons. The summed E-state index contributed by atoms with van der Waals surface area (Å²) in [5.41, 5.74) is 2.76. The number of hydrogen-bond donors (Lipinski definition) is 1. The van der Waals surface area contributed by atoms with Crippen LogP contribution in [-0.4, -0.2) is 32.3 Å². The number of nitrogens with one attached hydrogen (secondary N) is 1. The molecule has 0 aromatic heterocycles. The average Bonchev–Trinajstić information content (AvgIpc) is 2.49. The van der Waals surface area contributed by atoms with Crippen molar-refractivity contribution in [2.45, 2.75) is 45.6 Å². The monoisotopic (exact) mass is 288 g/mol. The third kappa shape index (κ3) is 3.52. The number of hydrogen-bond acceptors (Lipinski definition) is 3. The molecule has 2 heterocycles. The van der Waals surface area contributed by atoms with Crippen LogP contribution in [0.4, 0.5) is 5.69 Å². The van der Waals surface area contributed by atoms with Crippen LogP contribution < -0.4 is 15.0 Å². The largest absolute Gasteiger partial charge is 0.487 e. The molecule has 1 aromatic carbocycles. The van der Waals surface area contributed by atoms with Crippen LogP contribution in [0, 0.1) is 5.92 Å². The van der Waals surface area contributed by atoms with E-state index in [9.17, 15) is 0 Å². The summed E-state index contributed by atoms with van der Waals surface area (Å²) in [4.78, 5) is 2.49. The minimum atomic E-state index is 0.289. The van der Waals surface area contributed by atoms with Gasteiger partial charge in [0.15, 0.2) is 0 Å². The van der Waals surface area contributed by atoms with Crippen LogP contribution in [0.1, 0.15) is 38.7 Å². The van der Waals surface area contributed by atoms with Crippen LogP contribution in [0.15, 0.2) is 18.2 Å². The summed E-state index contributed by atoms with van der Waals surface area (Å²) in [6.07, 6.45) is 5.34. The van der Waals surface area contributed by atoms with E-state index in [1.165, 1.54) is 50.0 Å².